The van der Waals surface area contributed by atoms with E-state index in [1.165, 1.54) is 47.9 Å². The van der Waals surface area contributed by atoms with Crippen LogP contribution in [0, 0.1) is 20.8 Å². The minimum absolute atomic E-state index is 0.506. The number of rotatable bonds is 6. The number of hydrogen-bond donors (Lipinski definition) is 1. The molecule has 1 saturated heterocycles. The number of hydrogen-bond acceptors (Lipinski definition) is 2. The molecule has 0 aliphatic carbocycles. The van der Waals surface area contributed by atoms with Crippen LogP contribution in [-0.4, -0.2) is 25.8 Å². The van der Waals surface area contributed by atoms with Gasteiger partial charge in [-0.05, 0) is 76.6 Å². The topological polar surface area (TPSA) is 21.3 Å². The average molecular weight is 275 g/mol. The average Bonchev–Trinajstić information content (AvgIpc) is 2.90. The number of benzene rings is 1. The predicted molar refractivity (Wildman–Crippen MR) is 85.4 cm³/mol. The molecule has 0 amide bonds. The molecule has 1 aromatic carbocycles. The van der Waals surface area contributed by atoms with E-state index in [1.807, 2.05) is 0 Å². The van der Waals surface area contributed by atoms with Gasteiger partial charge in [0.25, 0.3) is 0 Å². The summed E-state index contributed by atoms with van der Waals surface area (Å²) in [5.74, 6) is 0. The second-order valence-electron chi connectivity index (χ2n) is 6.28. The molecule has 2 heteroatoms. The first kappa shape index (κ1) is 15.5. The van der Waals surface area contributed by atoms with Gasteiger partial charge in [0.1, 0.15) is 0 Å². The first-order chi connectivity index (χ1) is 9.60. The molecule has 2 unspecified atom stereocenters. The fourth-order valence-corrected chi connectivity index (χ4v) is 3.39. The predicted octanol–water partition coefficient (Wildman–Crippen LogP) is 3.70. The van der Waals surface area contributed by atoms with Crippen LogP contribution >= 0.6 is 0 Å². The second-order valence-corrected chi connectivity index (χ2v) is 6.28. The van der Waals surface area contributed by atoms with Gasteiger partial charge in [-0.2, -0.15) is 0 Å². The van der Waals surface area contributed by atoms with Crippen LogP contribution in [0.1, 0.15) is 47.9 Å². The summed E-state index contributed by atoms with van der Waals surface area (Å²) in [6.45, 7) is 7.62. The van der Waals surface area contributed by atoms with E-state index in [0.29, 0.717) is 12.1 Å². The Labute approximate surface area is 123 Å². The second kappa shape index (κ2) is 7.24. The van der Waals surface area contributed by atoms with Crippen molar-refractivity contribution >= 4 is 0 Å². The number of ether oxygens (including phenoxy) is 1. The highest BCUT2D eigenvalue weighted by molar-refractivity contribution is 5.38. The van der Waals surface area contributed by atoms with Crippen LogP contribution < -0.4 is 5.32 Å². The summed E-state index contributed by atoms with van der Waals surface area (Å²) in [6.07, 6.45) is 6.51. The molecule has 2 nitrogen and oxygen atoms in total. The van der Waals surface area contributed by atoms with Crippen LogP contribution in [0.2, 0.25) is 0 Å². The van der Waals surface area contributed by atoms with Crippen LogP contribution in [0.15, 0.2) is 12.1 Å². The highest BCUT2D eigenvalue weighted by Gasteiger charge is 2.18. The maximum atomic E-state index is 5.73. The molecule has 0 spiro atoms. The van der Waals surface area contributed by atoms with Gasteiger partial charge in [0.2, 0.25) is 0 Å². The Morgan fingerprint density at radius 2 is 1.95 bits per heavy atom. The van der Waals surface area contributed by atoms with Crippen LogP contribution in [0.25, 0.3) is 0 Å². The monoisotopic (exact) mass is 275 g/mol. The molecule has 0 bridgehead atoms. The van der Waals surface area contributed by atoms with Crippen molar-refractivity contribution in [2.45, 2.75) is 65.0 Å². The number of likely N-dealkylation sites (N-methyl/N-ethyl adjacent to an activating group) is 1. The molecule has 0 radical (unpaired) electrons. The quantitative estimate of drug-likeness (QED) is 0.854. The molecular weight excluding hydrogens is 246 g/mol. The normalized spacial score (nSPS) is 20.3. The lowest BCUT2D eigenvalue weighted by Crippen LogP contribution is -2.29. The summed E-state index contributed by atoms with van der Waals surface area (Å²) in [5, 5.41) is 3.49. The summed E-state index contributed by atoms with van der Waals surface area (Å²) in [7, 11) is 2.08. The van der Waals surface area contributed by atoms with E-state index in [-0.39, 0.29) is 0 Å². The number of nitrogens with one attached hydrogen (secondary N) is 1. The standard InChI is InChI=1S/C18H29NO/c1-13-10-14(2)18(15(3)11-13)12-16(19-4)7-8-17-6-5-9-20-17/h10-11,16-17,19H,5-9,12H2,1-4H3. The van der Waals surface area contributed by atoms with E-state index < -0.39 is 0 Å². The Kier molecular flexibility index (Phi) is 5.62. The number of aryl methyl sites for hydroxylation is 3. The van der Waals surface area contributed by atoms with Crippen molar-refractivity contribution in [1.82, 2.24) is 5.32 Å². The molecule has 20 heavy (non-hydrogen) atoms. The third-order valence-electron chi connectivity index (χ3n) is 4.56. The third kappa shape index (κ3) is 4.07. The van der Waals surface area contributed by atoms with E-state index in [9.17, 15) is 0 Å². The molecule has 112 valence electrons. The van der Waals surface area contributed by atoms with Gasteiger partial charge in [-0.3, -0.25) is 0 Å². The molecule has 2 rings (SSSR count). The fraction of sp³-hybridized carbons (Fsp3) is 0.667. The summed E-state index contributed by atoms with van der Waals surface area (Å²) in [4.78, 5) is 0. The SMILES string of the molecule is CNC(CCC1CCCO1)Cc1c(C)cc(C)cc1C. The molecule has 1 fully saturated rings. The molecule has 0 saturated carbocycles. The minimum Gasteiger partial charge on any atom is -0.378 e. The molecule has 1 aliphatic heterocycles. The van der Waals surface area contributed by atoms with Gasteiger partial charge >= 0.3 is 0 Å². The molecule has 0 aromatic heterocycles. The van der Waals surface area contributed by atoms with E-state index in [1.54, 1.807) is 0 Å². The van der Waals surface area contributed by atoms with Gasteiger partial charge in [0.05, 0.1) is 6.10 Å². The molecule has 1 N–H and O–H groups in total. The lowest BCUT2D eigenvalue weighted by molar-refractivity contribution is 0.0998. The fourth-order valence-electron chi connectivity index (χ4n) is 3.39. The van der Waals surface area contributed by atoms with Crippen LogP contribution in [-0.2, 0) is 11.2 Å². The van der Waals surface area contributed by atoms with E-state index in [4.69, 9.17) is 4.74 Å². The molecule has 1 aromatic rings. The van der Waals surface area contributed by atoms with Gasteiger partial charge in [0.15, 0.2) is 0 Å². The Balaban J connectivity index is 1.95. The van der Waals surface area contributed by atoms with Crippen LogP contribution in [0.4, 0.5) is 0 Å². The lowest BCUT2D eigenvalue weighted by atomic mass is 9.92. The Bertz CT molecular complexity index is 412. The van der Waals surface area contributed by atoms with Gasteiger partial charge in [-0.25, -0.2) is 0 Å². The first-order valence-electron chi connectivity index (χ1n) is 7.95. The van der Waals surface area contributed by atoms with Gasteiger partial charge in [0, 0.05) is 12.6 Å². The van der Waals surface area contributed by atoms with Gasteiger partial charge in [-0.15, -0.1) is 0 Å². The summed E-state index contributed by atoms with van der Waals surface area (Å²) >= 11 is 0. The summed E-state index contributed by atoms with van der Waals surface area (Å²) < 4.78 is 5.73. The van der Waals surface area contributed by atoms with Crippen molar-refractivity contribution in [2.24, 2.45) is 0 Å². The van der Waals surface area contributed by atoms with Crippen molar-refractivity contribution in [3.63, 3.8) is 0 Å². The maximum absolute atomic E-state index is 5.73. The maximum Gasteiger partial charge on any atom is 0.0576 e. The van der Waals surface area contributed by atoms with Crippen LogP contribution in [0.5, 0.6) is 0 Å². The van der Waals surface area contributed by atoms with E-state index >= 15 is 0 Å². The molecular formula is C18H29NO. The zero-order valence-electron chi connectivity index (χ0n) is 13.5. The zero-order valence-corrected chi connectivity index (χ0v) is 13.5. The molecule has 1 heterocycles. The Morgan fingerprint density at radius 3 is 2.50 bits per heavy atom. The van der Waals surface area contributed by atoms with Crippen molar-refractivity contribution in [1.29, 1.82) is 0 Å². The highest BCUT2D eigenvalue weighted by Crippen LogP contribution is 2.22. The van der Waals surface area contributed by atoms with Crippen molar-refractivity contribution in [3.05, 3.63) is 34.4 Å². The Morgan fingerprint density at radius 1 is 1.25 bits per heavy atom. The third-order valence-corrected chi connectivity index (χ3v) is 4.56. The highest BCUT2D eigenvalue weighted by atomic mass is 16.5. The van der Waals surface area contributed by atoms with E-state index in [2.05, 4.69) is 45.3 Å². The Hall–Kier alpha value is -0.860. The summed E-state index contributed by atoms with van der Waals surface area (Å²) in [6, 6.07) is 5.16. The van der Waals surface area contributed by atoms with Crippen molar-refractivity contribution in [2.75, 3.05) is 13.7 Å². The molecule has 2 atom stereocenters. The largest absolute Gasteiger partial charge is 0.378 e. The van der Waals surface area contributed by atoms with Crippen LogP contribution in [0.3, 0.4) is 0 Å². The molecule has 1 aliphatic rings. The van der Waals surface area contributed by atoms with Crippen molar-refractivity contribution in [3.8, 4) is 0 Å². The summed E-state index contributed by atoms with van der Waals surface area (Å²) in [5.41, 5.74) is 5.74. The lowest BCUT2D eigenvalue weighted by Gasteiger charge is -2.21. The zero-order chi connectivity index (χ0) is 14.5. The van der Waals surface area contributed by atoms with E-state index in [0.717, 1.165) is 13.0 Å². The first-order valence-corrected chi connectivity index (χ1v) is 7.95. The van der Waals surface area contributed by atoms with Crippen molar-refractivity contribution < 1.29 is 4.74 Å². The van der Waals surface area contributed by atoms with Gasteiger partial charge in [-0.1, -0.05) is 17.7 Å². The minimum atomic E-state index is 0.506. The smallest absolute Gasteiger partial charge is 0.0576 e. The van der Waals surface area contributed by atoms with Gasteiger partial charge < -0.3 is 10.1 Å².